The Kier molecular flexibility index (Phi) is 5.11. The normalized spacial score (nSPS) is 17.7. The molecule has 1 saturated heterocycles. The second kappa shape index (κ2) is 7.45. The highest BCUT2D eigenvalue weighted by Crippen LogP contribution is 2.23. The van der Waals surface area contributed by atoms with Crippen LogP contribution in [0.5, 0.6) is 5.75 Å². The Bertz CT molecular complexity index is 698. The lowest BCUT2D eigenvalue weighted by molar-refractivity contribution is 0.0570. The van der Waals surface area contributed by atoms with Crippen LogP contribution in [0.15, 0.2) is 42.6 Å². The van der Waals surface area contributed by atoms with E-state index in [0.29, 0.717) is 18.1 Å². The molecule has 1 aliphatic heterocycles. The van der Waals surface area contributed by atoms with Gasteiger partial charge >= 0.3 is 0 Å². The zero-order valence-corrected chi connectivity index (χ0v) is 13.8. The number of amides is 1. The third-order valence-corrected chi connectivity index (χ3v) is 4.36. The fourth-order valence-corrected chi connectivity index (χ4v) is 3.16. The lowest BCUT2D eigenvalue weighted by Gasteiger charge is -2.32. The number of phenols is 1. The largest absolute Gasteiger partial charge is 0.508 e. The standard InChI is InChI=1S/C19H22N2O3/c1-24-13-14-4-3-9-21(12-14)19(23)16-7-8-18(20-11-16)15-5-2-6-17(22)10-15/h2,5-8,10-11,14,22H,3-4,9,12-13H2,1H3/t14-/m1/s1. The van der Waals surface area contributed by atoms with E-state index >= 15 is 0 Å². The monoisotopic (exact) mass is 326 g/mol. The highest BCUT2D eigenvalue weighted by Gasteiger charge is 2.24. The number of ether oxygens (including phenoxy) is 1. The van der Waals surface area contributed by atoms with Gasteiger partial charge in [-0.2, -0.15) is 0 Å². The molecule has 2 aromatic rings. The first-order valence-corrected chi connectivity index (χ1v) is 8.21. The predicted molar refractivity (Wildman–Crippen MR) is 91.8 cm³/mol. The number of methoxy groups -OCH3 is 1. The van der Waals surface area contributed by atoms with Crippen LogP contribution in [0, 0.1) is 5.92 Å². The van der Waals surface area contributed by atoms with E-state index in [2.05, 4.69) is 4.98 Å². The number of pyridine rings is 1. The molecule has 5 heteroatoms. The summed E-state index contributed by atoms with van der Waals surface area (Å²) in [6, 6.07) is 10.5. The average molecular weight is 326 g/mol. The van der Waals surface area contributed by atoms with Crippen LogP contribution in [0.3, 0.4) is 0 Å². The topological polar surface area (TPSA) is 62.7 Å². The highest BCUT2D eigenvalue weighted by molar-refractivity contribution is 5.94. The number of benzene rings is 1. The van der Waals surface area contributed by atoms with Crippen LogP contribution >= 0.6 is 0 Å². The molecule has 0 saturated carbocycles. The van der Waals surface area contributed by atoms with Crippen molar-refractivity contribution in [2.75, 3.05) is 26.8 Å². The summed E-state index contributed by atoms with van der Waals surface area (Å²) in [6.45, 7) is 2.22. The van der Waals surface area contributed by atoms with Gasteiger partial charge in [-0.25, -0.2) is 0 Å². The Hall–Kier alpha value is -2.40. The third kappa shape index (κ3) is 3.74. The van der Waals surface area contributed by atoms with Crippen molar-refractivity contribution in [3.8, 4) is 17.0 Å². The molecule has 24 heavy (non-hydrogen) atoms. The molecule has 0 spiro atoms. The number of hydrogen-bond acceptors (Lipinski definition) is 4. The smallest absolute Gasteiger partial charge is 0.255 e. The van der Waals surface area contributed by atoms with Gasteiger partial charge in [0.15, 0.2) is 0 Å². The average Bonchev–Trinajstić information content (AvgIpc) is 2.62. The zero-order chi connectivity index (χ0) is 16.9. The van der Waals surface area contributed by atoms with Crippen molar-refractivity contribution in [3.63, 3.8) is 0 Å². The van der Waals surface area contributed by atoms with Crippen molar-refractivity contribution >= 4 is 5.91 Å². The van der Waals surface area contributed by atoms with Crippen molar-refractivity contribution < 1.29 is 14.6 Å². The lowest BCUT2D eigenvalue weighted by Crippen LogP contribution is -2.41. The summed E-state index contributed by atoms with van der Waals surface area (Å²) < 4.78 is 5.22. The van der Waals surface area contributed by atoms with Gasteiger partial charge in [0, 0.05) is 32.0 Å². The number of aromatic hydroxyl groups is 1. The number of phenolic OH excluding ortho intramolecular Hbond substituents is 1. The first-order chi connectivity index (χ1) is 11.7. The van der Waals surface area contributed by atoms with Gasteiger partial charge in [-0.1, -0.05) is 12.1 Å². The van der Waals surface area contributed by atoms with Crippen LogP contribution in [0.25, 0.3) is 11.3 Å². The number of carbonyl (C=O) groups is 1. The van der Waals surface area contributed by atoms with Gasteiger partial charge in [-0.3, -0.25) is 9.78 Å². The molecule has 5 nitrogen and oxygen atoms in total. The lowest BCUT2D eigenvalue weighted by atomic mass is 9.98. The van der Waals surface area contributed by atoms with Crippen LogP contribution in [-0.2, 0) is 4.74 Å². The maximum Gasteiger partial charge on any atom is 0.255 e. The minimum absolute atomic E-state index is 0.0192. The molecule has 0 unspecified atom stereocenters. The van der Waals surface area contributed by atoms with Crippen molar-refractivity contribution in [2.45, 2.75) is 12.8 Å². The Morgan fingerprint density at radius 2 is 2.25 bits per heavy atom. The van der Waals surface area contributed by atoms with E-state index in [1.807, 2.05) is 17.0 Å². The summed E-state index contributed by atoms with van der Waals surface area (Å²) in [5.41, 5.74) is 2.16. The highest BCUT2D eigenvalue weighted by atomic mass is 16.5. The van der Waals surface area contributed by atoms with Gasteiger partial charge in [0.05, 0.1) is 17.9 Å². The summed E-state index contributed by atoms with van der Waals surface area (Å²) in [6.07, 6.45) is 3.72. The van der Waals surface area contributed by atoms with Gasteiger partial charge in [0.1, 0.15) is 5.75 Å². The van der Waals surface area contributed by atoms with Crippen LogP contribution in [-0.4, -0.2) is 47.7 Å². The maximum atomic E-state index is 12.7. The molecule has 1 atom stereocenters. The Morgan fingerprint density at radius 3 is 2.96 bits per heavy atom. The number of nitrogens with zero attached hydrogens (tertiary/aromatic N) is 2. The predicted octanol–water partition coefficient (Wildman–Crippen LogP) is 2.95. The third-order valence-electron chi connectivity index (χ3n) is 4.36. The van der Waals surface area contributed by atoms with E-state index in [4.69, 9.17) is 4.74 Å². The van der Waals surface area contributed by atoms with E-state index in [0.717, 1.165) is 37.2 Å². The van der Waals surface area contributed by atoms with Gasteiger partial charge in [-0.05, 0) is 43.0 Å². The molecule has 1 aromatic heterocycles. The first-order valence-electron chi connectivity index (χ1n) is 8.21. The quantitative estimate of drug-likeness (QED) is 0.938. The van der Waals surface area contributed by atoms with E-state index in [1.165, 1.54) is 0 Å². The van der Waals surface area contributed by atoms with Gasteiger partial charge < -0.3 is 14.7 Å². The van der Waals surface area contributed by atoms with E-state index in [1.54, 1.807) is 37.6 Å². The Morgan fingerprint density at radius 1 is 1.38 bits per heavy atom. The molecule has 1 aromatic carbocycles. The van der Waals surface area contributed by atoms with E-state index in [-0.39, 0.29) is 11.7 Å². The van der Waals surface area contributed by atoms with Crippen LogP contribution in [0.1, 0.15) is 23.2 Å². The molecular formula is C19H22N2O3. The van der Waals surface area contributed by atoms with Gasteiger partial charge in [-0.15, -0.1) is 0 Å². The van der Waals surface area contributed by atoms with Crippen LogP contribution < -0.4 is 0 Å². The van der Waals surface area contributed by atoms with Crippen molar-refractivity contribution in [2.24, 2.45) is 5.92 Å². The molecular weight excluding hydrogens is 304 g/mol. The Labute approximate surface area is 141 Å². The Balaban J connectivity index is 1.72. The fraction of sp³-hybridized carbons (Fsp3) is 0.368. The minimum atomic E-state index is 0.0192. The summed E-state index contributed by atoms with van der Waals surface area (Å²) in [5.74, 6) is 0.630. The van der Waals surface area contributed by atoms with E-state index in [9.17, 15) is 9.90 Å². The first kappa shape index (κ1) is 16.5. The maximum absolute atomic E-state index is 12.7. The van der Waals surface area contributed by atoms with Crippen molar-refractivity contribution in [3.05, 3.63) is 48.2 Å². The van der Waals surface area contributed by atoms with Crippen LogP contribution in [0.4, 0.5) is 0 Å². The number of aromatic nitrogens is 1. The van der Waals surface area contributed by atoms with Gasteiger partial charge in [0.2, 0.25) is 0 Å². The molecule has 0 radical (unpaired) electrons. The number of rotatable bonds is 4. The number of piperidine rings is 1. The van der Waals surface area contributed by atoms with Crippen molar-refractivity contribution in [1.82, 2.24) is 9.88 Å². The summed E-state index contributed by atoms with van der Waals surface area (Å²) in [7, 11) is 1.70. The van der Waals surface area contributed by atoms with E-state index < -0.39 is 0 Å². The molecule has 1 amide bonds. The molecule has 3 rings (SSSR count). The SMILES string of the molecule is COC[C@@H]1CCCN(C(=O)c2ccc(-c3cccc(O)c3)nc2)C1. The molecule has 1 N–H and O–H groups in total. The molecule has 126 valence electrons. The fourth-order valence-electron chi connectivity index (χ4n) is 3.16. The summed E-state index contributed by atoms with van der Waals surface area (Å²) in [4.78, 5) is 18.9. The van der Waals surface area contributed by atoms with Crippen LogP contribution in [0.2, 0.25) is 0 Å². The molecule has 0 aliphatic carbocycles. The molecule has 2 heterocycles. The summed E-state index contributed by atoms with van der Waals surface area (Å²) >= 11 is 0. The number of likely N-dealkylation sites (tertiary alicyclic amines) is 1. The molecule has 1 aliphatic rings. The van der Waals surface area contributed by atoms with Gasteiger partial charge in [0.25, 0.3) is 5.91 Å². The van der Waals surface area contributed by atoms with Crippen molar-refractivity contribution in [1.29, 1.82) is 0 Å². The number of carbonyl (C=O) groups excluding carboxylic acids is 1. The second-order valence-corrected chi connectivity index (χ2v) is 6.20. The minimum Gasteiger partial charge on any atom is -0.508 e. The zero-order valence-electron chi connectivity index (χ0n) is 13.8. The number of hydrogen-bond donors (Lipinski definition) is 1. The molecule has 1 fully saturated rings. The summed E-state index contributed by atoms with van der Waals surface area (Å²) in [5, 5.41) is 9.56. The molecule has 0 bridgehead atoms. The second-order valence-electron chi connectivity index (χ2n) is 6.20.